The van der Waals surface area contributed by atoms with Crippen LogP contribution in [0.1, 0.15) is 55.9 Å². The van der Waals surface area contributed by atoms with Gasteiger partial charge in [0.2, 0.25) is 11.8 Å². The Hall–Kier alpha value is -3.65. The van der Waals surface area contributed by atoms with Crippen molar-refractivity contribution >= 4 is 27.5 Å². The van der Waals surface area contributed by atoms with Crippen LogP contribution in [0.4, 0.5) is 5.69 Å². The number of nitrogens with one attached hydrogen (secondary N) is 1. The summed E-state index contributed by atoms with van der Waals surface area (Å²) in [6.45, 7) is 11.1. The second-order valence-electron chi connectivity index (χ2n) is 10.3. The number of hydrogen-bond acceptors (Lipinski definition) is 4. The summed E-state index contributed by atoms with van der Waals surface area (Å²) in [4.78, 5) is 29.1. The van der Waals surface area contributed by atoms with E-state index in [0.29, 0.717) is 12.1 Å². The molecule has 0 saturated carbocycles. The zero-order valence-corrected chi connectivity index (χ0v) is 25.2. The number of amides is 2. The van der Waals surface area contributed by atoms with Crippen molar-refractivity contribution < 1.29 is 18.0 Å². The topological polar surface area (TPSA) is 86.8 Å². The Kier molecular flexibility index (Phi) is 10.5. The summed E-state index contributed by atoms with van der Waals surface area (Å²) in [5.41, 5.74) is 3.90. The first-order valence-electron chi connectivity index (χ1n) is 13.8. The summed E-state index contributed by atoms with van der Waals surface area (Å²) in [5, 5.41) is 3.00. The third-order valence-corrected chi connectivity index (χ3v) is 9.09. The molecule has 0 unspecified atom stereocenters. The standard InChI is InChI=1S/C32H41N3O4S/c1-7-25(5)33-32(37)29(8-2)34(21-27-14-10-9-11-15-27)31(36)22-35(30-16-12-13-24(4)26(30)6)40(38,39)28-19-17-23(3)18-20-28/h9-20,25,29H,7-8,21-22H2,1-6H3,(H,33,37)/t25-,29-/m1/s1. The lowest BCUT2D eigenvalue weighted by Gasteiger charge is -2.34. The molecule has 2 atom stereocenters. The smallest absolute Gasteiger partial charge is 0.264 e. The van der Waals surface area contributed by atoms with Crippen molar-refractivity contribution in [3.63, 3.8) is 0 Å². The Morgan fingerprint density at radius 3 is 2.10 bits per heavy atom. The maximum absolute atomic E-state index is 14.2. The van der Waals surface area contributed by atoms with Gasteiger partial charge in [0.05, 0.1) is 10.6 Å². The molecule has 0 heterocycles. The Balaban J connectivity index is 2.09. The first kappa shape index (κ1) is 30.9. The molecule has 0 saturated heterocycles. The van der Waals surface area contributed by atoms with Crippen LogP contribution in [-0.4, -0.2) is 43.8 Å². The summed E-state index contributed by atoms with van der Waals surface area (Å²) in [6, 6.07) is 20.6. The van der Waals surface area contributed by atoms with Crippen LogP contribution in [0.15, 0.2) is 77.7 Å². The summed E-state index contributed by atoms with van der Waals surface area (Å²) >= 11 is 0. The summed E-state index contributed by atoms with van der Waals surface area (Å²) in [5.74, 6) is -0.701. The number of carbonyl (C=O) groups is 2. The minimum absolute atomic E-state index is 0.0522. The lowest BCUT2D eigenvalue weighted by Crippen LogP contribution is -2.53. The van der Waals surface area contributed by atoms with Gasteiger partial charge in [-0.3, -0.25) is 13.9 Å². The summed E-state index contributed by atoms with van der Waals surface area (Å²) < 4.78 is 29.3. The maximum Gasteiger partial charge on any atom is 0.264 e. The second kappa shape index (κ2) is 13.6. The number of anilines is 1. The van der Waals surface area contributed by atoms with Gasteiger partial charge in [-0.15, -0.1) is 0 Å². The van der Waals surface area contributed by atoms with Crippen LogP contribution in [0.25, 0.3) is 0 Å². The Morgan fingerprint density at radius 2 is 1.50 bits per heavy atom. The van der Waals surface area contributed by atoms with Gasteiger partial charge in [-0.05, 0) is 75.4 Å². The van der Waals surface area contributed by atoms with Crippen molar-refractivity contribution in [2.24, 2.45) is 0 Å². The zero-order chi connectivity index (χ0) is 29.4. The van der Waals surface area contributed by atoms with E-state index < -0.39 is 28.5 Å². The molecule has 2 amide bonds. The van der Waals surface area contributed by atoms with E-state index in [1.54, 1.807) is 36.4 Å². The van der Waals surface area contributed by atoms with Crippen molar-refractivity contribution in [2.75, 3.05) is 10.8 Å². The van der Waals surface area contributed by atoms with Crippen molar-refractivity contribution in [1.29, 1.82) is 0 Å². The second-order valence-corrected chi connectivity index (χ2v) is 12.2. The van der Waals surface area contributed by atoms with Crippen LogP contribution >= 0.6 is 0 Å². The minimum atomic E-state index is -4.10. The highest BCUT2D eigenvalue weighted by atomic mass is 32.2. The zero-order valence-electron chi connectivity index (χ0n) is 24.3. The van der Waals surface area contributed by atoms with E-state index in [9.17, 15) is 18.0 Å². The molecule has 3 rings (SSSR count). The summed E-state index contributed by atoms with van der Waals surface area (Å²) in [7, 11) is -4.10. The molecule has 7 nitrogen and oxygen atoms in total. The molecule has 0 aliphatic carbocycles. The van der Waals surface area contributed by atoms with Gasteiger partial charge in [0.25, 0.3) is 10.0 Å². The number of aryl methyl sites for hydroxylation is 2. The number of sulfonamides is 1. The van der Waals surface area contributed by atoms with E-state index in [1.165, 1.54) is 9.21 Å². The van der Waals surface area contributed by atoms with E-state index in [4.69, 9.17) is 0 Å². The third-order valence-electron chi connectivity index (χ3n) is 7.32. The van der Waals surface area contributed by atoms with Crippen molar-refractivity contribution in [3.8, 4) is 0 Å². The SMILES string of the molecule is CC[C@@H](C)NC(=O)[C@@H](CC)N(Cc1ccccc1)C(=O)CN(c1cccc(C)c1C)S(=O)(=O)c1ccc(C)cc1. The van der Waals surface area contributed by atoms with Gasteiger partial charge in [-0.2, -0.15) is 0 Å². The van der Waals surface area contributed by atoms with Gasteiger partial charge >= 0.3 is 0 Å². The number of benzene rings is 3. The van der Waals surface area contributed by atoms with Gasteiger partial charge in [0, 0.05) is 12.6 Å². The van der Waals surface area contributed by atoms with Crippen LogP contribution in [-0.2, 0) is 26.2 Å². The number of nitrogens with zero attached hydrogens (tertiary/aromatic N) is 2. The fourth-order valence-electron chi connectivity index (χ4n) is 4.50. The first-order chi connectivity index (χ1) is 19.0. The van der Waals surface area contributed by atoms with Gasteiger partial charge in [-0.1, -0.05) is 74.0 Å². The highest BCUT2D eigenvalue weighted by molar-refractivity contribution is 7.92. The van der Waals surface area contributed by atoms with Crippen molar-refractivity contribution in [1.82, 2.24) is 10.2 Å². The predicted molar refractivity (Wildman–Crippen MR) is 161 cm³/mol. The molecule has 0 aromatic heterocycles. The van der Waals surface area contributed by atoms with Crippen molar-refractivity contribution in [3.05, 3.63) is 95.1 Å². The molecule has 0 bridgehead atoms. The molecule has 0 fully saturated rings. The molecule has 0 aliphatic rings. The van der Waals surface area contributed by atoms with E-state index in [0.717, 1.165) is 28.7 Å². The fourth-order valence-corrected chi connectivity index (χ4v) is 5.97. The molecular formula is C32H41N3O4S. The maximum atomic E-state index is 14.2. The van der Waals surface area contributed by atoms with E-state index in [1.807, 2.05) is 77.9 Å². The predicted octanol–water partition coefficient (Wildman–Crippen LogP) is 5.53. The van der Waals surface area contributed by atoms with E-state index >= 15 is 0 Å². The Bertz CT molecular complexity index is 1410. The highest BCUT2D eigenvalue weighted by Crippen LogP contribution is 2.29. The quantitative estimate of drug-likeness (QED) is 0.314. The lowest BCUT2D eigenvalue weighted by atomic mass is 10.1. The molecule has 40 heavy (non-hydrogen) atoms. The number of rotatable bonds is 12. The molecular weight excluding hydrogens is 522 g/mol. The lowest BCUT2D eigenvalue weighted by molar-refractivity contribution is -0.140. The normalized spacial score (nSPS) is 12.8. The van der Waals surface area contributed by atoms with E-state index in [2.05, 4.69) is 5.32 Å². The molecule has 0 spiro atoms. The molecule has 3 aromatic carbocycles. The van der Waals surface area contributed by atoms with Crippen LogP contribution < -0.4 is 9.62 Å². The average Bonchev–Trinajstić information content (AvgIpc) is 2.93. The van der Waals surface area contributed by atoms with Crippen LogP contribution in [0.3, 0.4) is 0 Å². The monoisotopic (exact) mass is 563 g/mol. The molecule has 1 N–H and O–H groups in total. The van der Waals surface area contributed by atoms with Crippen LogP contribution in [0.2, 0.25) is 0 Å². The van der Waals surface area contributed by atoms with Crippen LogP contribution in [0.5, 0.6) is 0 Å². The van der Waals surface area contributed by atoms with E-state index in [-0.39, 0.29) is 23.4 Å². The summed E-state index contributed by atoms with van der Waals surface area (Å²) in [6.07, 6.45) is 1.14. The highest BCUT2D eigenvalue weighted by Gasteiger charge is 2.34. The molecule has 8 heteroatoms. The first-order valence-corrected chi connectivity index (χ1v) is 15.2. The van der Waals surface area contributed by atoms with Crippen molar-refractivity contribution in [2.45, 2.75) is 77.9 Å². The Labute approximate surface area is 239 Å². The average molecular weight is 564 g/mol. The third kappa shape index (κ3) is 7.30. The molecule has 0 radical (unpaired) electrons. The van der Waals surface area contributed by atoms with Gasteiger partial charge < -0.3 is 10.2 Å². The number of hydrogen-bond donors (Lipinski definition) is 1. The molecule has 214 valence electrons. The molecule has 3 aromatic rings. The van der Waals surface area contributed by atoms with Gasteiger partial charge in [-0.25, -0.2) is 8.42 Å². The number of carbonyl (C=O) groups excluding carboxylic acids is 2. The largest absolute Gasteiger partial charge is 0.352 e. The van der Waals surface area contributed by atoms with Gasteiger partial charge in [0.1, 0.15) is 12.6 Å². The fraction of sp³-hybridized carbons (Fsp3) is 0.375. The Morgan fingerprint density at radius 1 is 0.850 bits per heavy atom. The van der Waals surface area contributed by atoms with Gasteiger partial charge in [0.15, 0.2) is 0 Å². The minimum Gasteiger partial charge on any atom is -0.352 e. The molecule has 0 aliphatic heterocycles. The van der Waals surface area contributed by atoms with Crippen LogP contribution in [0, 0.1) is 20.8 Å².